The smallest absolute Gasteiger partial charge is 0.330 e. The third-order valence-electron chi connectivity index (χ3n) is 2.92. The van der Waals surface area contributed by atoms with Gasteiger partial charge in [0.15, 0.2) is 0 Å². The van der Waals surface area contributed by atoms with E-state index in [1.165, 1.54) is 0 Å². The highest BCUT2D eigenvalue weighted by Gasteiger charge is 2.14. The molecule has 1 atom stereocenters. The summed E-state index contributed by atoms with van der Waals surface area (Å²) in [5.74, 6) is -1.48. The van der Waals surface area contributed by atoms with Crippen LogP contribution < -0.4 is 0 Å². The van der Waals surface area contributed by atoms with Crippen LogP contribution in [0.25, 0.3) is 0 Å². The molecule has 0 rings (SSSR count). The number of hydrogen-bond donors (Lipinski definition) is 0. The van der Waals surface area contributed by atoms with Gasteiger partial charge in [-0.05, 0) is 12.8 Å². The summed E-state index contributed by atoms with van der Waals surface area (Å²) in [4.78, 5) is 33.8. The van der Waals surface area contributed by atoms with Gasteiger partial charge >= 0.3 is 17.9 Å². The van der Waals surface area contributed by atoms with Crippen LogP contribution in [-0.4, -0.2) is 37.2 Å². The van der Waals surface area contributed by atoms with Gasteiger partial charge in [0.1, 0.15) is 19.3 Å². The Morgan fingerprint density at radius 3 is 2.27 bits per heavy atom. The van der Waals surface area contributed by atoms with E-state index in [-0.39, 0.29) is 32.2 Å². The van der Waals surface area contributed by atoms with Crippen molar-refractivity contribution in [1.82, 2.24) is 0 Å². The Hall–Kier alpha value is -1.85. The molecule has 0 aliphatic heterocycles. The first-order chi connectivity index (χ1) is 10.5. The van der Waals surface area contributed by atoms with Gasteiger partial charge in [0, 0.05) is 6.08 Å². The highest BCUT2D eigenvalue weighted by Crippen LogP contribution is 2.10. The Morgan fingerprint density at radius 1 is 1.05 bits per heavy atom. The minimum atomic E-state index is -0.572. The fraction of sp³-hybridized carbons (Fsp3) is 0.688. The third-order valence-corrected chi connectivity index (χ3v) is 2.92. The van der Waals surface area contributed by atoms with E-state index in [1.54, 1.807) is 0 Å². The van der Waals surface area contributed by atoms with Crippen LogP contribution in [0.4, 0.5) is 0 Å². The number of unbranched alkanes of at least 4 members (excludes halogenated alkanes) is 1. The molecule has 0 radical (unpaired) electrons. The zero-order valence-electron chi connectivity index (χ0n) is 13.5. The second kappa shape index (κ2) is 12.9. The van der Waals surface area contributed by atoms with Crippen molar-refractivity contribution < 1.29 is 28.6 Å². The highest BCUT2D eigenvalue weighted by atomic mass is 16.6. The van der Waals surface area contributed by atoms with Gasteiger partial charge in [-0.15, -0.1) is 0 Å². The molecular weight excluding hydrogens is 288 g/mol. The van der Waals surface area contributed by atoms with Gasteiger partial charge in [0.25, 0.3) is 0 Å². The van der Waals surface area contributed by atoms with Gasteiger partial charge in [-0.25, -0.2) is 4.79 Å². The Labute approximate surface area is 131 Å². The molecular formula is C16H26O6. The first kappa shape index (κ1) is 20.1. The largest absolute Gasteiger partial charge is 0.462 e. The van der Waals surface area contributed by atoms with Crippen LogP contribution in [-0.2, 0) is 28.6 Å². The quantitative estimate of drug-likeness (QED) is 0.238. The fourth-order valence-electron chi connectivity index (χ4n) is 1.66. The lowest BCUT2D eigenvalue weighted by atomic mass is 10.1. The molecule has 0 spiro atoms. The van der Waals surface area contributed by atoms with E-state index in [0.717, 1.165) is 31.8 Å². The van der Waals surface area contributed by atoms with Gasteiger partial charge in [0.05, 0.1) is 12.8 Å². The molecule has 126 valence electrons. The number of carbonyl (C=O) groups excluding carboxylic acids is 3. The molecule has 1 unspecified atom stereocenters. The van der Waals surface area contributed by atoms with E-state index in [4.69, 9.17) is 9.47 Å². The number of ether oxygens (including phenoxy) is 3. The molecule has 0 heterocycles. The van der Waals surface area contributed by atoms with Gasteiger partial charge in [-0.2, -0.15) is 0 Å². The Bertz CT molecular complexity index is 364. The van der Waals surface area contributed by atoms with E-state index in [2.05, 4.69) is 18.2 Å². The molecule has 0 aromatic carbocycles. The lowest BCUT2D eigenvalue weighted by molar-refractivity contribution is -0.155. The highest BCUT2D eigenvalue weighted by molar-refractivity contribution is 5.81. The monoisotopic (exact) mass is 314 g/mol. The van der Waals surface area contributed by atoms with Crippen LogP contribution in [0.1, 0.15) is 52.4 Å². The summed E-state index contributed by atoms with van der Waals surface area (Å²) in [5, 5.41) is 0. The Morgan fingerprint density at radius 2 is 1.68 bits per heavy atom. The van der Waals surface area contributed by atoms with Crippen molar-refractivity contribution in [3.05, 3.63) is 12.7 Å². The topological polar surface area (TPSA) is 78.9 Å². The lowest BCUT2D eigenvalue weighted by Gasteiger charge is -2.15. The maximum atomic E-state index is 11.6. The third kappa shape index (κ3) is 10.9. The van der Waals surface area contributed by atoms with Gasteiger partial charge in [0.2, 0.25) is 0 Å². The van der Waals surface area contributed by atoms with Crippen LogP contribution >= 0.6 is 0 Å². The molecule has 0 N–H and O–H groups in total. The van der Waals surface area contributed by atoms with Crippen molar-refractivity contribution in [2.75, 3.05) is 13.2 Å². The molecule has 0 fully saturated rings. The molecule has 22 heavy (non-hydrogen) atoms. The zero-order valence-corrected chi connectivity index (χ0v) is 13.5. The first-order valence-corrected chi connectivity index (χ1v) is 7.67. The average Bonchev–Trinajstić information content (AvgIpc) is 2.53. The molecule has 0 aliphatic rings. The van der Waals surface area contributed by atoms with E-state index >= 15 is 0 Å². The summed E-state index contributed by atoms with van der Waals surface area (Å²) in [6.45, 7) is 7.21. The maximum absolute atomic E-state index is 11.6. The summed E-state index contributed by atoms with van der Waals surface area (Å²) >= 11 is 0. The minimum absolute atomic E-state index is 0.00605. The van der Waals surface area contributed by atoms with Crippen molar-refractivity contribution >= 4 is 17.9 Å². The van der Waals surface area contributed by atoms with E-state index in [0.29, 0.717) is 0 Å². The molecule has 0 bridgehead atoms. The number of hydrogen-bond acceptors (Lipinski definition) is 6. The van der Waals surface area contributed by atoms with Crippen LogP contribution in [0.15, 0.2) is 12.7 Å². The molecule has 0 saturated heterocycles. The van der Waals surface area contributed by atoms with E-state index in [9.17, 15) is 14.4 Å². The second-order valence-corrected chi connectivity index (χ2v) is 4.75. The van der Waals surface area contributed by atoms with Crippen molar-refractivity contribution in [1.29, 1.82) is 0 Å². The number of rotatable bonds is 12. The van der Waals surface area contributed by atoms with Crippen LogP contribution in [0.2, 0.25) is 0 Å². The summed E-state index contributed by atoms with van der Waals surface area (Å²) in [6, 6.07) is 0. The van der Waals surface area contributed by atoms with Crippen LogP contribution in [0.5, 0.6) is 0 Å². The van der Waals surface area contributed by atoms with Crippen molar-refractivity contribution in [2.24, 2.45) is 0 Å². The van der Waals surface area contributed by atoms with Crippen LogP contribution in [0, 0.1) is 0 Å². The molecule has 0 saturated carbocycles. The molecule has 6 heteroatoms. The summed E-state index contributed by atoms with van der Waals surface area (Å²) in [6.07, 6.45) is 4.57. The molecule has 0 aromatic heterocycles. The molecule has 6 nitrogen and oxygen atoms in total. The Kier molecular flexibility index (Phi) is 11.8. The van der Waals surface area contributed by atoms with Crippen molar-refractivity contribution in [3.63, 3.8) is 0 Å². The fourth-order valence-corrected chi connectivity index (χ4v) is 1.66. The van der Waals surface area contributed by atoms with Gasteiger partial charge < -0.3 is 14.2 Å². The molecule has 0 aromatic rings. The van der Waals surface area contributed by atoms with Gasteiger partial charge in [-0.3, -0.25) is 9.59 Å². The maximum Gasteiger partial charge on any atom is 0.330 e. The summed E-state index contributed by atoms with van der Waals surface area (Å²) in [5.41, 5.74) is 0. The molecule has 0 aliphatic carbocycles. The lowest BCUT2D eigenvalue weighted by Crippen LogP contribution is -2.19. The minimum Gasteiger partial charge on any atom is -0.462 e. The normalized spacial score (nSPS) is 11.4. The predicted octanol–water partition coefficient (Wildman–Crippen LogP) is 2.55. The van der Waals surface area contributed by atoms with Crippen LogP contribution in [0.3, 0.4) is 0 Å². The second-order valence-electron chi connectivity index (χ2n) is 4.75. The van der Waals surface area contributed by atoms with E-state index < -0.39 is 17.9 Å². The van der Waals surface area contributed by atoms with Gasteiger partial charge in [-0.1, -0.05) is 33.3 Å². The zero-order chi connectivity index (χ0) is 16.8. The summed E-state index contributed by atoms with van der Waals surface area (Å²) < 4.78 is 14.8. The van der Waals surface area contributed by atoms with Crippen molar-refractivity contribution in [3.8, 4) is 0 Å². The SMILES string of the molecule is C=CC(=O)OCCOC(=O)CCC(=O)OC(CC)CCCC. The molecule has 0 amide bonds. The predicted molar refractivity (Wildman–Crippen MR) is 81.0 cm³/mol. The number of esters is 3. The number of carbonyl (C=O) groups is 3. The standard InChI is InChI=1S/C16H26O6/c1-4-7-8-13(5-2)22-16(19)10-9-15(18)21-12-11-20-14(17)6-3/h6,13H,3-5,7-12H2,1-2H3. The van der Waals surface area contributed by atoms with E-state index in [1.807, 2.05) is 6.92 Å². The first-order valence-electron chi connectivity index (χ1n) is 7.67. The Balaban J connectivity index is 3.77. The van der Waals surface area contributed by atoms with Crippen molar-refractivity contribution in [2.45, 2.75) is 58.5 Å². The summed E-state index contributed by atoms with van der Waals surface area (Å²) in [7, 11) is 0. The average molecular weight is 314 g/mol.